The molecule has 0 amide bonds. The summed E-state index contributed by atoms with van der Waals surface area (Å²) in [5, 5.41) is 20.7. The van der Waals surface area contributed by atoms with Crippen molar-refractivity contribution in [3.8, 4) is 0 Å². The fourth-order valence-electron chi connectivity index (χ4n) is 6.50. The van der Waals surface area contributed by atoms with Crippen LogP contribution in [-0.2, 0) is 33.3 Å². The fraction of sp³-hybridized carbons (Fsp3) is 0.903. The molecule has 2 heterocycles. The molecule has 0 radical (unpaired) electrons. The number of aliphatic hydroxyl groups is 1. The third kappa shape index (κ3) is 10.2. The number of cyclic esters (lactones) is 1. The van der Waals surface area contributed by atoms with Gasteiger partial charge in [0.05, 0.1) is 31.0 Å². The van der Waals surface area contributed by atoms with Crippen molar-refractivity contribution < 1.29 is 43.5 Å². The van der Waals surface area contributed by atoms with E-state index in [1.807, 2.05) is 44.8 Å². The summed E-state index contributed by atoms with van der Waals surface area (Å²) in [5.74, 6) is -2.66. The second-order valence-electron chi connectivity index (χ2n) is 13.7. The molecule has 0 aromatic rings. The van der Waals surface area contributed by atoms with E-state index in [2.05, 4.69) is 11.8 Å². The molecule has 2 aliphatic rings. The van der Waals surface area contributed by atoms with Crippen molar-refractivity contribution >= 4 is 17.7 Å². The summed E-state index contributed by atoms with van der Waals surface area (Å²) in [5.41, 5.74) is -2.47. The van der Waals surface area contributed by atoms with Gasteiger partial charge in [0.15, 0.2) is 12.1 Å². The monoisotopic (exact) mass is 615 g/mol. The standard InChI is InChI=1S/C31H57N3O9/c1-20-17-31(6,40-10)27(43-28-25(37)23(32(7)8)16-21(2)42-28)22(3)26(38)30(4,5)29(39)41-15-11-12-34(19-24(35)36)14-13-33(9)18-20/h20-23,25,27-28,37H,11-19H2,1-10H3,(H,35,36)/t20-,21-,22+,23+,25-,27-,28+,31-/m1/s1. The number of ether oxygens (including phenoxy) is 4. The van der Waals surface area contributed by atoms with Crippen LogP contribution in [-0.4, -0.2) is 146 Å². The van der Waals surface area contributed by atoms with Crippen molar-refractivity contribution in [3.05, 3.63) is 0 Å². The number of carboxylic acid groups (broad SMARTS) is 1. The lowest BCUT2D eigenvalue weighted by molar-refractivity contribution is -0.295. The molecule has 0 spiro atoms. The molecular formula is C31H57N3O9. The zero-order valence-electron chi connectivity index (χ0n) is 28.0. The average molecular weight is 616 g/mol. The molecular weight excluding hydrogens is 558 g/mol. The van der Waals surface area contributed by atoms with Gasteiger partial charge in [-0.1, -0.05) is 13.8 Å². The Morgan fingerprint density at radius 1 is 1.12 bits per heavy atom. The van der Waals surface area contributed by atoms with Gasteiger partial charge in [-0.2, -0.15) is 0 Å². The number of likely N-dealkylation sites (N-methyl/N-ethyl adjacent to an activating group) is 2. The number of ketones is 1. The van der Waals surface area contributed by atoms with Crippen molar-refractivity contribution in [1.82, 2.24) is 14.7 Å². The number of carboxylic acids is 1. The number of carbonyl (C=O) groups is 3. The molecule has 12 heteroatoms. The van der Waals surface area contributed by atoms with Gasteiger partial charge in [0.25, 0.3) is 0 Å². The number of carbonyl (C=O) groups excluding carboxylic acids is 2. The Kier molecular flexibility index (Phi) is 14.0. The highest BCUT2D eigenvalue weighted by molar-refractivity contribution is 6.04. The van der Waals surface area contributed by atoms with Gasteiger partial charge in [-0.25, -0.2) is 0 Å². The molecule has 2 fully saturated rings. The van der Waals surface area contributed by atoms with Crippen LogP contribution in [0.15, 0.2) is 0 Å². The van der Waals surface area contributed by atoms with Crippen LogP contribution in [0.25, 0.3) is 0 Å². The summed E-state index contributed by atoms with van der Waals surface area (Å²) in [6, 6.07) is -0.205. The van der Waals surface area contributed by atoms with Crippen LogP contribution in [0.5, 0.6) is 0 Å². The van der Waals surface area contributed by atoms with Gasteiger partial charge in [-0.3, -0.25) is 19.3 Å². The van der Waals surface area contributed by atoms with E-state index >= 15 is 0 Å². The van der Waals surface area contributed by atoms with Gasteiger partial charge in [-0.05, 0) is 74.0 Å². The predicted molar refractivity (Wildman–Crippen MR) is 162 cm³/mol. The van der Waals surface area contributed by atoms with Crippen molar-refractivity contribution in [2.45, 2.75) is 97.0 Å². The van der Waals surface area contributed by atoms with Crippen LogP contribution in [0.4, 0.5) is 0 Å². The van der Waals surface area contributed by atoms with E-state index in [1.54, 1.807) is 27.9 Å². The van der Waals surface area contributed by atoms with Crippen LogP contribution in [0.2, 0.25) is 0 Å². The molecule has 2 saturated heterocycles. The molecule has 2 aliphatic heterocycles. The number of Topliss-reactive ketones (excluding diaryl/α,β-unsaturated/α-hetero) is 1. The molecule has 12 nitrogen and oxygen atoms in total. The topological polar surface area (TPSA) is 138 Å². The van der Waals surface area contributed by atoms with Gasteiger partial charge < -0.3 is 39.0 Å². The van der Waals surface area contributed by atoms with Crippen LogP contribution < -0.4 is 0 Å². The number of nitrogens with zero attached hydrogens (tertiary/aromatic N) is 3. The minimum absolute atomic E-state index is 0.0640. The van der Waals surface area contributed by atoms with E-state index in [0.29, 0.717) is 45.4 Å². The lowest BCUT2D eigenvalue weighted by Crippen LogP contribution is -2.59. The van der Waals surface area contributed by atoms with Gasteiger partial charge in [-0.15, -0.1) is 0 Å². The van der Waals surface area contributed by atoms with Crippen LogP contribution in [0.1, 0.15) is 60.8 Å². The number of aliphatic hydroxyl groups excluding tert-OH is 1. The molecule has 0 aromatic carbocycles. The van der Waals surface area contributed by atoms with Crippen LogP contribution in [0, 0.1) is 17.3 Å². The Morgan fingerprint density at radius 3 is 2.35 bits per heavy atom. The van der Waals surface area contributed by atoms with E-state index in [0.717, 1.165) is 0 Å². The normalized spacial score (nSPS) is 36.7. The maximum Gasteiger partial charge on any atom is 0.319 e. The second-order valence-corrected chi connectivity index (χ2v) is 13.7. The summed E-state index contributed by atoms with van der Waals surface area (Å²) in [4.78, 5) is 44.7. The third-order valence-corrected chi connectivity index (χ3v) is 9.00. The van der Waals surface area contributed by atoms with Gasteiger partial charge in [0.1, 0.15) is 11.5 Å². The highest BCUT2D eigenvalue weighted by atomic mass is 16.7. The van der Waals surface area contributed by atoms with Crippen molar-refractivity contribution in [3.63, 3.8) is 0 Å². The van der Waals surface area contributed by atoms with Gasteiger partial charge in [0.2, 0.25) is 0 Å². The highest BCUT2D eigenvalue weighted by Crippen LogP contribution is 2.38. The average Bonchev–Trinajstić information content (AvgIpc) is 2.91. The number of esters is 1. The molecule has 250 valence electrons. The Balaban J connectivity index is 2.47. The smallest absolute Gasteiger partial charge is 0.319 e. The summed E-state index contributed by atoms with van der Waals surface area (Å²) < 4.78 is 24.4. The second kappa shape index (κ2) is 16.1. The molecule has 2 rings (SSSR count). The number of rotatable bonds is 6. The van der Waals surface area contributed by atoms with E-state index < -0.39 is 47.4 Å². The number of hydrogen-bond acceptors (Lipinski definition) is 11. The third-order valence-electron chi connectivity index (χ3n) is 9.00. The molecule has 43 heavy (non-hydrogen) atoms. The first kappa shape index (κ1) is 37.5. The molecule has 0 aliphatic carbocycles. The van der Waals surface area contributed by atoms with Crippen molar-refractivity contribution in [1.29, 1.82) is 0 Å². The van der Waals surface area contributed by atoms with Gasteiger partial charge in [0, 0.05) is 45.2 Å². The largest absolute Gasteiger partial charge is 0.480 e. The SMILES string of the molecule is CO[C@]1(C)C[C@@H](C)CN(C)CCN(CC(=O)O)CCCOC(=O)C(C)(C)C(=O)[C@H](C)[C@H]1O[C@@H]1O[C@H](C)C[C@H](N(C)C)[C@H]1O. The molecule has 0 aromatic heterocycles. The van der Waals surface area contributed by atoms with Gasteiger partial charge >= 0.3 is 11.9 Å². The molecule has 8 atom stereocenters. The zero-order chi connectivity index (χ0) is 32.7. The lowest BCUT2D eigenvalue weighted by Gasteiger charge is -2.47. The summed E-state index contributed by atoms with van der Waals surface area (Å²) >= 11 is 0. The number of hydrogen-bond donors (Lipinski definition) is 2. The van der Waals surface area contributed by atoms with E-state index in [4.69, 9.17) is 18.9 Å². The molecule has 0 bridgehead atoms. The highest BCUT2D eigenvalue weighted by Gasteiger charge is 2.51. The predicted octanol–water partition coefficient (Wildman–Crippen LogP) is 1.73. The Bertz CT molecular complexity index is 932. The quantitative estimate of drug-likeness (QED) is 0.332. The maximum atomic E-state index is 14.1. The summed E-state index contributed by atoms with van der Waals surface area (Å²) in [6.07, 6.45) is -1.44. The number of aliphatic carboxylic acids is 1. The first-order valence-corrected chi connectivity index (χ1v) is 15.5. The van der Waals surface area contributed by atoms with E-state index in [-0.39, 0.29) is 37.0 Å². The summed E-state index contributed by atoms with van der Waals surface area (Å²) in [6.45, 7) is 13.0. The lowest BCUT2D eigenvalue weighted by atomic mass is 9.74. The van der Waals surface area contributed by atoms with Crippen LogP contribution >= 0.6 is 0 Å². The molecule has 2 N–H and O–H groups in total. The first-order valence-electron chi connectivity index (χ1n) is 15.5. The maximum absolute atomic E-state index is 14.1. The minimum atomic E-state index is -1.48. The van der Waals surface area contributed by atoms with Crippen molar-refractivity contribution in [2.75, 3.05) is 67.6 Å². The summed E-state index contributed by atoms with van der Waals surface area (Å²) in [7, 11) is 7.37. The molecule has 0 unspecified atom stereocenters. The fourth-order valence-corrected chi connectivity index (χ4v) is 6.50. The van der Waals surface area contributed by atoms with Crippen LogP contribution in [0.3, 0.4) is 0 Å². The Labute approximate surface area is 257 Å². The number of methoxy groups -OCH3 is 1. The first-order chi connectivity index (χ1) is 19.9. The van der Waals surface area contributed by atoms with E-state index in [9.17, 15) is 24.6 Å². The van der Waals surface area contributed by atoms with E-state index in [1.165, 1.54) is 0 Å². The van der Waals surface area contributed by atoms with Crippen molar-refractivity contribution in [2.24, 2.45) is 17.3 Å². The Morgan fingerprint density at radius 2 is 1.77 bits per heavy atom. The Hall–Kier alpha value is -1.67. The zero-order valence-corrected chi connectivity index (χ0v) is 28.0. The molecule has 0 saturated carbocycles. The minimum Gasteiger partial charge on any atom is -0.480 e.